The molecule has 0 N–H and O–H groups in total. The van der Waals surface area contributed by atoms with Gasteiger partial charge >= 0.3 is 6.18 Å². The molecule has 1 atom stereocenters. The first-order chi connectivity index (χ1) is 11.7. The molecule has 1 aromatic heterocycles. The van der Waals surface area contributed by atoms with Crippen LogP contribution >= 0.6 is 12.6 Å². The number of nitrogens with zero attached hydrogens (tertiary/aromatic N) is 3. The van der Waals surface area contributed by atoms with Crippen molar-refractivity contribution in [2.75, 3.05) is 12.0 Å². The highest BCUT2D eigenvalue weighted by Gasteiger charge is 2.57. The molecule has 0 fully saturated rings. The quantitative estimate of drug-likeness (QED) is 0.751. The van der Waals surface area contributed by atoms with Gasteiger partial charge in [0.25, 0.3) is 0 Å². The molecule has 0 aromatic carbocycles. The van der Waals surface area contributed by atoms with Crippen molar-refractivity contribution in [2.24, 2.45) is 0 Å². The molecular formula is C17H16F3N3OS. The molecule has 8 heteroatoms. The van der Waals surface area contributed by atoms with Gasteiger partial charge in [0.15, 0.2) is 0 Å². The van der Waals surface area contributed by atoms with Gasteiger partial charge in [-0.15, -0.1) is 12.6 Å². The van der Waals surface area contributed by atoms with Crippen molar-refractivity contribution in [3.63, 3.8) is 0 Å². The number of rotatable bonds is 1. The van der Waals surface area contributed by atoms with E-state index >= 15 is 0 Å². The maximum absolute atomic E-state index is 13.7. The number of allylic oxidation sites excluding steroid dienone is 4. The average Bonchev–Trinajstić information content (AvgIpc) is 3.01. The highest BCUT2D eigenvalue weighted by molar-refractivity contribution is 7.80. The first kappa shape index (κ1) is 16.4. The van der Waals surface area contributed by atoms with E-state index in [0.717, 1.165) is 17.2 Å². The Morgan fingerprint density at radius 1 is 1.32 bits per heavy atom. The van der Waals surface area contributed by atoms with Gasteiger partial charge in [-0.25, -0.2) is 4.98 Å². The zero-order chi connectivity index (χ0) is 18.1. The van der Waals surface area contributed by atoms with Gasteiger partial charge < -0.3 is 4.74 Å². The summed E-state index contributed by atoms with van der Waals surface area (Å²) in [6, 6.07) is 0. The summed E-state index contributed by atoms with van der Waals surface area (Å²) in [6.07, 6.45) is 1.72. The molecule has 1 unspecified atom stereocenters. The number of fused-ring (bicyclic) bond motifs is 3. The van der Waals surface area contributed by atoms with Crippen molar-refractivity contribution in [2.45, 2.75) is 37.0 Å². The summed E-state index contributed by atoms with van der Waals surface area (Å²) >= 11 is 4.41. The molecule has 2 aliphatic heterocycles. The second kappa shape index (κ2) is 4.97. The van der Waals surface area contributed by atoms with E-state index in [9.17, 15) is 13.2 Å². The van der Waals surface area contributed by atoms with E-state index in [2.05, 4.69) is 17.6 Å². The third kappa shape index (κ3) is 1.94. The molecule has 0 amide bonds. The van der Waals surface area contributed by atoms with Crippen molar-refractivity contribution in [1.29, 1.82) is 0 Å². The minimum absolute atomic E-state index is 0.220. The molecule has 4 nitrogen and oxygen atoms in total. The second-order valence-corrected chi connectivity index (χ2v) is 6.84. The number of hydrogen-bond donors (Lipinski definition) is 1. The van der Waals surface area contributed by atoms with Gasteiger partial charge in [0, 0.05) is 12.0 Å². The minimum atomic E-state index is -4.49. The smallest absolute Gasteiger partial charge is 0.431 e. The SMILES string of the molecule is COC1=C(C)CC23C=CC=C(C(F)(F)F)N2c2ncc(S)n2C3=C1C. The number of hydrogen-bond acceptors (Lipinski definition) is 4. The van der Waals surface area contributed by atoms with E-state index in [0.29, 0.717) is 22.9 Å². The third-order valence-electron chi connectivity index (χ3n) is 4.94. The Hall–Kier alpha value is -2.09. The molecule has 1 aliphatic carbocycles. The fraction of sp³-hybridized carbons (Fsp3) is 0.353. The largest absolute Gasteiger partial charge is 0.496 e. The number of aromatic nitrogens is 2. The maximum Gasteiger partial charge on any atom is 0.431 e. The highest BCUT2D eigenvalue weighted by Crippen LogP contribution is 2.56. The van der Waals surface area contributed by atoms with Crippen molar-refractivity contribution >= 4 is 24.3 Å². The maximum atomic E-state index is 13.7. The number of alkyl halides is 3. The molecule has 0 radical (unpaired) electrons. The standard InChI is InChI=1S/C17H16F3N3OS/c1-9-7-16-6-4-5-11(17(18,19)20)23(16)15-21-8-12(25)22(15)14(16)10(2)13(9)24-3/h4-6,8,25H,7H2,1-3H3. The van der Waals surface area contributed by atoms with Gasteiger partial charge in [-0.2, -0.15) is 13.2 Å². The summed E-state index contributed by atoms with van der Waals surface area (Å²) in [5.74, 6) is 0.920. The number of anilines is 1. The molecule has 4 rings (SSSR count). The number of halogens is 3. The minimum Gasteiger partial charge on any atom is -0.496 e. The van der Waals surface area contributed by atoms with Crippen molar-refractivity contribution in [3.8, 4) is 0 Å². The zero-order valence-electron chi connectivity index (χ0n) is 13.8. The fourth-order valence-corrected chi connectivity index (χ4v) is 4.45. The predicted molar refractivity (Wildman–Crippen MR) is 91.2 cm³/mol. The highest BCUT2D eigenvalue weighted by atomic mass is 32.1. The Balaban J connectivity index is 2.06. The van der Waals surface area contributed by atoms with Gasteiger partial charge in [0.1, 0.15) is 17.0 Å². The lowest BCUT2D eigenvalue weighted by Crippen LogP contribution is -2.50. The monoisotopic (exact) mass is 367 g/mol. The Morgan fingerprint density at radius 3 is 2.68 bits per heavy atom. The van der Waals surface area contributed by atoms with Gasteiger partial charge in [-0.3, -0.25) is 9.47 Å². The molecule has 3 heterocycles. The normalized spacial score (nSPS) is 25.1. The first-order valence-corrected chi connectivity index (χ1v) is 8.16. The van der Waals surface area contributed by atoms with E-state index in [1.165, 1.54) is 17.2 Å². The molecule has 132 valence electrons. The Labute approximate surface area is 148 Å². The summed E-state index contributed by atoms with van der Waals surface area (Å²) in [7, 11) is 1.57. The van der Waals surface area contributed by atoms with Crippen LogP contribution in [0.1, 0.15) is 20.3 Å². The van der Waals surface area contributed by atoms with Crippen LogP contribution in [0.2, 0.25) is 0 Å². The van der Waals surface area contributed by atoms with Crippen molar-refractivity contribution in [1.82, 2.24) is 9.55 Å². The lowest BCUT2D eigenvalue weighted by atomic mass is 9.78. The Kier molecular flexibility index (Phi) is 3.26. The van der Waals surface area contributed by atoms with Crippen LogP contribution in [0.4, 0.5) is 19.1 Å². The van der Waals surface area contributed by atoms with Crippen LogP contribution in [0, 0.1) is 0 Å². The summed E-state index contributed by atoms with van der Waals surface area (Å²) in [4.78, 5) is 5.50. The summed E-state index contributed by atoms with van der Waals surface area (Å²) in [5, 5.41) is 0.489. The first-order valence-electron chi connectivity index (χ1n) is 7.72. The van der Waals surface area contributed by atoms with Crippen LogP contribution in [-0.2, 0) is 4.74 Å². The van der Waals surface area contributed by atoms with Crippen LogP contribution in [0.25, 0.3) is 5.70 Å². The van der Waals surface area contributed by atoms with Crippen LogP contribution < -0.4 is 4.90 Å². The average molecular weight is 367 g/mol. The Bertz CT molecular complexity index is 907. The van der Waals surface area contributed by atoms with Crippen LogP contribution in [0.5, 0.6) is 0 Å². The van der Waals surface area contributed by atoms with E-state index in [4.69, 9.17) is 4.74 Å². The fourth-order valence-electron chi connectivity index (χ4n) is 4.21. The summed E-state index contributed by atoms with van der Waals surface area (Å²) < 4.78 is 48.3. The molecule has 0 saturated carbocycles. The van der Waals surface area contributed by atoms with Gasteiger partial charge in [-0.05, 0) is 25.5 Å². The van der Waals surface area contributed by atoms with E-state index in [-0.39, 0.29) is 5.95 Å². The summed E-state index contributed by atoms with van der Waals surface area (Å²) in [6.45, 7) is 3.74. The van der Waals surface area contributed by atoms with Crippen molar-refractivity contribution in [3.05, 3.63) is 47.0 Å². The third-order valence-corrected chi connectivity index (χ3v) is 5.25. The van der Waals surface area contributed by atoms with Gasteiger partial charge in [0.05, 0.1) is 24.0 Å². The Morgan fingerprint density at radius 2 is 2.04 bits per heavy atom. The zero-order valence-corrected chi connectivity index (χ0v) is 14.7. The molecule has 3 aliphatic rings. The predicted octanol–water partition coefficient (Wildman–Crippen LogP) is 4.30. The van der Waals surface area contributed by atoms with E-state index < -0.39 is 17.4 Å². The topological polar surface area (TPSA) is 30.3 Å². The number of methoxy groups -OCH3 is 1. The van der Waals surface area contributed by atoms with E-state index in [1.54, 1.807) is 17.8 Å². The molecule has 0 saturated heterocycles. The molecule has 1 spiro atoms. The van der Waals surface area contributed by atoms with Crippen LogP contribution in [0.15, 0.2) is 52.1 Å². The lowest BCUT2D eigenvalue weighted by molar-refractivity contribution is -0.0945. The molecular weight excluding hydrogens is 351 g/mol. The van der Waals surface area contributed by atoms with Gasteiger partial charge in [0.2, 0.25) is 5.95 Å². The molecule has 0 bridgehead atoms. The van der Waals surface area contributed by atoms with E-state index in [1.807, 2.05) is 13.8 Å². The second-order valence-electron chi connectivity index (χ2n) is 6.38. The summed E-state index contributed by atoms with van der Waals surface area (Å²) in [5.41, 5.74) is 0.687. The van der Waals surface area contributed by atoms with Crippen LogP contribution in [0.3, 0.4) is 0 Å². The molecule has 1 aromatic rings. The van der Waals surface area contributed by atoms with Crippen LogP contribution in [-0.4, -0.2) is 28.4 Å². The molecule has 25 heavy (non-hydrogen) atoms. The van der Waals surface area contributed by atoms with Crippen molar-refractivity contribution < 1.29 is 17.9 Å². The number of thiol groups is 1. The number of imidazole rings is 1. The number of ether oxygens (including phenoxy) is 1. The lowest BCUT2D eigenvalue weighted by Gasteiger charge is -2.43. The van der Waals surface area contributed by atoms with Gasteiger partial charge in [-0.1, -0.05) is 12.2 Å².